The molecule has 0 aliphatic heterocycles. The summed E-state index contributed by atoms with van der Waals surface area (Å²) in [6.45, 7) is 9.09. The monoisotopic (exact) mass is 253 g/mol. The summed E-state index contributed by atoms with van der Waals surface area (Å²) in [5, 5.41) is 8.74. The molecule has 2 N–H and O–H groups in total. The van der Waals surface area contributed by atoms with Gasteiger partial charge in [-0.3, -0.25) is 0 Å². The van der Waals surface area contributed by atoms with E-state index in [0.29, 0.717) is 0 Å². The van der Waals surface area contributed by atoms with Crippen LogP contribution in [-0.2, 0) is 6.54 Å². The molecule has 0 radical (unpaired) electrons. The van der Waals surface area contributed by atoms with Gasteiger partial charge in [-0.15, -0.1) is 11.3 Å². The largest absolute Gasteiger partial charge is 0.357 e. The highest BCUT2D eigenvalue weighted by Gasteiger charge is 2.00. The standard InChI is InChI=1S/C13H23N3S/c1-4-6-8-15-13(14-5-2)16-10-12-11(3)7-9-17-12/h7,9H,4-6,8,10H2,1-3H3,(H2,14,15,16). The third-order valence-corrected chi connectivity index (χ3v) is 3.52. The molecule has 0 aromatic carbocycles. The average molecular weight is 253 g/mol. The molecule has 0 aliphatic carbocycles. The van der Waals surface area contributed by atoms with Crippen molar-refractivity contribution in [3.05, 3.63) is 21.9 Å². The van der Waals surface area contributed by atoms with Crippen molar-refractivity contribution in [2.45, 2.75) is 40.2 Å². The minimum atomic E-state index is 0.769. The summed E-state index contributed by atoms with van der Waals surface area (Å²) in [6.07, 6.45) is 2.39. The van der Waals surface area contributed by atoms with Crippen molar-refractivity contribution < 1.29 is 0 Å². The van der Waals surface area contributed by atoms with E-state index < -0.39 is 0 Å². The molecule has 0 amide bonds. The molecule has 17 heavy (non-hydrogen) atoms. The van der Waals surface area contributed by atoms with E-state index in [4.69, 9.17) is 0 Å². The lowest BCUT2D eigenvalue weighted by atomic mass is 10.3. The number of aryl methyl sites for hydroxylation is 1. The zero-order valence-corrected chi connectivity index (χ0v) is 11.9. The van der Waals surface area contributed by atoms with E-state index >= 15 is 0 Å². The Labute approximate surface area is 108 Å². The van der Waals surface area contributed by atoms with Gasteiger partial charge in [0.25, 0.3) is 0 Å². The molecule has 96 valence electrons. The Kier molecular flexibility index (Phi) is 6.70. The minimum Gasteiger partial charge on any atom is -0.357 e. The fourth-order valence-corrected chi connectivity index (χ4v) is 2.27. The number of rotatable bonds is 6. The van der Waals surface area contributed by atoms with Crippen molar-refractivity contribution >= 4 is 17.3 Å². The molecule has 0 fully saturated rings. The lowest BCUT2D eigenvalue weighted by Crippen LogP contribution is -2.37. The van der Waals surface area contributed by atoms with Crippen molar-refractivity contribution in [3.8, 4) is 0 Å². The molecule has 0 saturated heterocycles. The van der Waals surface area contributed by atoms with Gasteiger partial charge in [-0.2, -0.15) is 0 Å². The van der Waals surface area contributed by atoms with Gasteiger partial charge in [-0.1, -0.05) is 13.3 Å². The van der Waals surface area contributed by atoms with Crippen LogP contribution in [0.1, 0.15) is 37.1 Å². The van der Waals surface area contributed by atoms with Gasteiger partial charge in [0.15, 0.2) is 5.96 Å². The molecule has 3 nitrogen and oxygen atoms in total. The summed E-state index contributed by atoms with van der Waals surface area (Å²) in [5.41, 5.74) is 1.34. The summed E-state index contributed by atoms with van der Waals surface area (Å²) in [7, 11) is 0. The number of thiophene rings is 1. The van der Waals surface area contributed by atoms with E-state index in [1.54, 1.807) is 11.3 Å². The van der Waals surface area contributed by atoms with Crippen molar-refractivity contribution in [1.29, 1.82) is 0 Å². The van der Waals surface area contributed by atoms with E-state index in [1.165, 1.54) is 23.3 Å². The first kappa shape index (κ1) is 14.0. The Morgan fingerprint density at radius 3 is 2.76 bits per heavy atom. The van der Waals surface area contributed by atoms with Crippen molar-refractivity contribution in [3.63, 3.8) is 0 Å². The highest BCUT2D eigenvalue weighted by Crippen LogP contribution is 2.16. The molecule has 1 heterocycles. The highest BCUT2D eigenvalue weighted by molar-refractivity contribution is 7.10. The molecule has 4 heteroatoms. The van der Waals surface area contributed by atoms with Gasteiger partial charge in [-0.05, 0) is 37.3 Å². The first-order valence-electron chi connectivity index (χ1n) is 6.33. The predicted molar refractivity (Wildman–Crippen MR) is 76.8 cm³/mol. The molecular weight excluding hydrogens is 230 g/mol. The van der Waals surface area contributed by atoms with Crippen LogP contribution in [0.3, 0.4) is 0 Å². The van der Waals surface area contributed by atoms with E-state index in [0.717, 1.165) is 25.6 Å². The number of nitrogens with zero attached hydrogens (tertiary/aromatic N) is 1. The number of nitrogens with one attached hydrogen (secondary N) is 2. The van der Waals surface area contributed by atoms with Gasteiger partial charge < -0.3 is 10.6 Å². The van der Waals surface area contributed by atoms with Crippen molar-refractivity contribution in [1.82, 2.24) is 10.6 Å². The summed E-state index contributed by atoms with van der Waals surface area (Å²) in [4.78, 5) is 5.94. The molecule has 1 aromatic heterocycles. The van der Waals surface area contributed by atoms with Crippen LogP contribution in [0.2, 0.25) is 0 Å². The number of hydrogen-bond donors (Lipinski definition) is 2. The average Bonchev–Trinajstić information content (AvgIpc) is 2.72. The van der Waals surface area contributed by atoms with Crippen LogP contribution < -0.4 is 10.6 Å². The van der Waals surface area contributed by atoms with Crippen LogP contribution in [0.15, 0.2) is 16.4 Å². The Bertz CT molecular complexity index is 344. The van der Waals surface area contributed by atoms with Crippen LogP contribution in [0.25, 0.3) is 0 Å². The second-order valence-corrected chi connectivity index (χ2v) is 5.00. The van der Waals surface area contributed by atoms with E-state index in [2.05, 4.69) is 47.8 Å². The smallest absolute Gasteiger partial charge is 0.191 e. The maximum atomic E-state index is 4.59. The fraction of sp³-hybridized carbons (Fsp3) is 0.615. The first-order valence-corrected chi connectivity index (χ1v) is 7.21. The maximum absolute atomic E-state index is 4.59. The molecule has 0 bridgehead atoms. The first-order chi connectivity index (χ1) is 8.27. The van der Waals surface area contributed by atoms with Crippen LogP contribution in [-0.4, -0.2) is 19.0 Å². The van der Waals surface area contributed by atoms with Crippen LogP contribution in [0, 0.1) is 6.92 Å². The van der Waals surface area contributed by atoms with E-state index in [9.17, 15) is 0 Å². The second-order valence-electron chi connectivity index (χ2n) is 4.00. The number of unbranched alkanes of at least 4 members (excludes halogenated alkanes) is 1. The summed E-state index contributed by atoms with van der Waals surface area (Å²) < 4.78 is 0. The predicted octanol–water partition coefficient (Wildman–Crippen LogP) is 2.91. The molecule has 1 aromatic rings. The molecule has 0 atom stereocenters. The van der Waals surface area contributed by atoms with E-state index in [-0.39, 0.29) is 0 Å². The van der Waals surface area contributed by atoms with Crippen LogP contribution in [0.5, 0.6) is 0 Å². The van der Waals surface area contributed by atoms with Gasteiger partial charge in [-0.25, -0.2) is 4.99 Å². The Hall–Kier alpha value is -1.03. The molecular formula is C13H23N3S. The fourth-order valence-electron chi connectivity index (χ4n) is 1.44. The van der Waals surface area contributed by atoms with Gasteiger partial charge >= 0.3 is 0 Å². The zero-order chi connectivity index (χ0) is 12.5. The molecule has 0 aliphatic rings. The van der Waals surface area contributed by atoms with Gasteiger partial charge in [0.2, 0.25) is 0 Å². The number of guanidine groups is 1. The van der Waals surface area contributed by atoms with Crippen molar-refractivity contribution in [2.75, 3.05) is 13.1 Å². The SMILES string of the molecule is CCCCNC(=NCc1sccc1C)NCC. The summed E-state index contributed by atoms with van der Waals surface area (Å²) >= 11 is 1.78. The number of hydrogen-bond acceptors (Lipinski definition) is 2. The lowest BCUT2D eigenvalue weighted by Gasteiger charge is -2.10. The summed E-state index contributed by atoms with van der Waals surface area (Å²) in [6, 6.07) is 2.15. The van der Waals surface area contributed by atoms with Crippen LogP contribution in [0.4, 0.5) is 0 Å². The number of aliphatic imine (C=N–C) groups is 1. The Balaban J connectivity index is 2.48. The molecule has 0 saturated carbocycles. The van der Waals surface area contributed by atoms with Gasteiger partial charge in [0.05, 0.1) is 6.54 Å². The third kappa shape index (κ3) is 5.22. The third-order valence-electron chi connectivity index (χ3n) is 2.52. The summed E-state index contributed by atoms with van der Waals surface area (Å²) in [5.74, 6) is 0.925. The highest BCUT2D eigenvalue weighted by atomic mass is 32.1. The van der Waals surface area contributed by atoms with E-state index in [1.807, 2.05) is 0 Å². The minimum absolute atomic E-state index is 0.769. The van der Waals surface area contributed by atoms with Crippen molar-refractivity contribution in [2.24, 2.45) is 4.99 Å². The maximum Gasteiger partial charge on any atom is 0.191 e. The zero-order valence-electron chi connectivity index (χ0n) is 11.0. The van der Waals surface area contributed by atoms with Gasteiger partial charge in [0.1, 0.15) is 0 Å². The Morgan fingerprint density at radius 2 is 2.18 bits per heavy atom. The molecule has 0 spiro atoms. The lowest BCUT2D eigenvalue weighted by molar-refractivity contribution is 0.730. The topological polar surface area (TPSA) is 36.4 Å². The molecule has 1 rings (SSSR count). The van der Waals surface area contributed by atoms with Gasteiger partial charge in [0, 0.05) is 18.0 Å². The second kappa shape index (κ2) is 8.12. The molecule has 0 unspecified atom stereocenters. The van der Waals surface area contributed by atoms with Crippen LogP contribution >= 0.6 is 11.3 Å². The Morgan fingerprint density at radius 1 is 1.35 bits per heavy atom. The quantitative estimate of drug-likeness (QED) is 0.464. The normalized spacial score (nSPS) is 11.6.